The summed E-state index contributed by atoms with van der Waals surface area (Å²) in [5, 5.41) is 10.7. The minimum absolute atomic E-state index is 0.0601. The first-order chi connectivity index (χ1) is 8.83. The molecule has 106 valence electrons. The summed E-state index contributed by atoms with van der Waals surface area (Å²) in [6.07, 6.45) is -5.50. The van der Waals surface area contributed by atoms with Crippen molar-refractivity contribution >= 4 is 5.69 Å². The quantitative estimate of drug-likeness (QED) is 0.493. The molecule has 0 radical (unpaired) electrons. The first-order valence-electron chi connectivity index (χ1n) is 5.50. The van der Waals surface area contributed by atoms with Crippen LogP contribution in [-0.2, 0) is 6.54 Å². The number of hydrogen-bond acceptors (Lipinski definition) is 4. The van der Waals surface area contributed by atoms with E-state index in [0.29, 0.717) is 5.56 Å². The molecule has 0 bridgehead atoms. The van der Waals surface area contributed by atoms with Gasteiger partial charge in [-0.1, -0.05) is 6.07 Å². The van der Waals surface area contributed by atoms with Gasteiger partial charge in [0.25, 0.3) is 0 Å². The second kappa shape index (κ2) is 6.37. The minimum atomic E-state index is -4.26. The van der Waals surface area contributed by atoms with Gasteiger partial charge in [-0.2, -0.15) is 13.2 Å². The summed E-state index contributed by atoms with van der Waals surface area (Å²) in [4.78, 5) is 10.1. The van der Waals surface area contributed by atoms with E-state index in [1.165, 1.54) is 18.2 Å². The van der Waals surface area contributed by atoms with E-state index in [4.69, 9.17) is 10.5 Å². The number of nitro benzene ring substituents is 1. The second-order valence-corrected chi connectivity index (χ2v) is 3.83. The Morgan fingerprint density at radius 3 is 2.58 bits per heavy atom. The number of alkyl halides is 3. The van der Waals surface area contributed by atoms with Crippen molar-refractivity contribution in [2.75, 3.05) is 6.61 Å². The Kier molecular flexibility index (Phi) is 5.11. The third kappa shape index (κ3) is 5.12. The lowest BCUT2D eigenvalue weighted by Gasteiger charge is -2.09. The highest BCUT2D eigenvalue weighted by molar-refractivity contribution is 5.48. The number of halogens is 3. The number of rotatable bonds is 6. The van der Waals surface area contributed by atoms with Crippen molar-refractivity contribution in [3.05, 3.63) is 33.9 Å². The molecule has 0 saturated carbocycles. The molecule has 0 saturated heterocycles. The zero-order valence-corrected chi connectivity index (χ0v) is 9.94. The van der Waals surface area contributed by atoms with E-state index in [-0.39, 0.29) is 31.0 Å². The Labute approximate surface area is 107 Å². The third-order valence-electron chi connectivity index (χ3n) is 2.32. The molecule has 0 aliphatic carbocycles. The third-order valence-corrected chi connectivity index (χ3v) is 2.32. The molecule has 2 N–H and O–H groups in total. The molecule has 0 unspecified atom stereocenters. The van der Waals surface area contributed by atoms with Gasteiger partial charge in [0.05, 0.1) is 11.5 Å². The maximum atomic E-state index is 11.9. The van der Waals surface area contributed by atoms with Crippen LogP contribution in [-0.4, -0.2) is 17.7 Å². The van der Waals surface area contributed by atoms with Gasteiger partial charge in [0.1, 0.15) is 0 Å². The standard InChI is InChI=1S/C11H13F3N2O3/c12-11(13,14)4-1-5-19-10-6-8(7-15)2-3-9(10)16(17)18/h2-3,6H,1,4-5,7,15H2. The maximum Gasteiger partial charge on any atom is 0.389 e. The lowest BCUT2D eigenvalue weighted by molar-refractivity contribution is -0.385. The number of benzene rings is 1. The Morgan fingerprint density at radius 1 is 1.37 bits per heavy atom. The monoisotopic (exact) mass is 278 g/mol. The molecule has 19 heavy (non-hydrogen) atoms. The fourth-order valence-electron chi connectivity index (χ4n) is 1.41. The number of hydrogen-bond donors (Lipinski definition) is 1. The van der Waals surface area contributed by atoms with Crippen molar-refractivity contribution in [2.24, 2.45) is 5.73 Å². The van der Waals surface area contributed by atoms with Crippen LogP contribution in [0.2, 0.25) is 0 Å². The molecule has 5 nitrogen and oxygen atoms in total. The average molecular weight is 278 g/mol. The molecule has 0 atom stereocenters. The van der Waals surface area contributed by atoms with E-state index < -0.39 is 17.5 Å². The van der Waals surface area contributed by atoms with Crippen molar-refractivity contribution in [2.45, 2.75) is 25.6 Å². The summed E-state index contributed by atoms with van der Waals surface area (Å²) >= 11 is 0. The van der Waals surface area contributed by atoms with Crippen LogP contribution in [0.3, 0.4) is 0 Å². The summed E-state index contributed by atoms with van der Waals surface area (Å²) in [6, 6.07) is 4.06. The molecular weight excluding hydrogens is 265 g/mol. The van der Waals surface area contributed by atoms with Gasteiger partial charge < -0.3 is 10.5 Å². The Hall–Kier alpha value is -1.83. The molecule has 0 aliphatic rings. The highest BCUT2D eigenvalue weighted by Crippen LogP contribution is 2.28. The lowest BCUT2D eigenvalue weighted by atomic mass is 10.2. The normalized spacial score (nSPS) is 11.4. The van der Waals surface area contributed by atoms with Gasteiger partial charge in [-0.25, -0.2) is 0 Å². The topological polar surface area (TPSA) is 78.4 Å². The van der Waals surface area contributed by atoms with Crippen LogP contribution in [0.5, 0.6) is 5.75 Å². The molecular formula is C11H13F3N2O3. The van der Waals surface area contributed by atoms with Crippen LogP contribution in [0.1, 0.15) is 18.4 Å². The van der Waals surface area contributed by atoms with E-state index in [9.17, 15) is 23.3 Å². The predicted octanol–water partition coefficient (Wildman–Crippen LogP) is 2.77. The SMILES string of the molecule is NCc1ccc([N+](=O)[O-])c(OCCCC(F)(F)F)c1. The lowest BCUT2D eigenvalue weighted by Crippen LogP contribution is -2.10. The van der Waals surface area contributed by atoms with E-state index in [2.05, 4.69) is 0 Å². The van der Waals surface area contributed by atoms with Gasteiger partial charge in [-0.15, -0.1) is 0 Å². The zero-order chi connectivity index (χ0) is 14.5. The van der Waals surface area contributed by atoms with Crippen molar-refractivity contribution < 1.29 is 22.8 Å². The van der Waals surface area contributed by atoms with Gasteiger partial charge in [0.2, 0.25) is 0 Å². The minimum Gasteiger partial charge on any atom is -0.487 e. The highest BCUT2D eigenvalue weighted by atomic mass is 19.4. The fraction of sp³-hybridized carbons (Fsp3) is 0.455. The highest BCUT2D eigenvalue weighted by Gasteiger charge is 2.26. The molecule has 0 spiro atoms. The summed E-state index contributed by atoms with van der Waals surface area (Å²) in [6.45, 7) is -0.0781. The Morgan fingerprint density at radius 2 is 2.05 bits per heavy atom. The average Bonchev–Trinajstić information content (AvgIpc) is 2.33. The van der Waals surface area contributed by atoms with Gasteiger partial charge in [0.15, 0.2) is 5.75 Å². The van der Waals surface area contributed by atoms with Crippen LogP contribution in [0.4, 0.5) is 18.9 Å². The Bertz CT molecular complexity index is 449. The summed E-state index contributed by atoms with van der Waals surface area (Å²) in [5.41, 5.74) is 5.70. The van der Waals surface area contributed by atoms with Gasteiger partial charge in [-0.3, -0.25) is 10.1 Å². The van der Waals surface area contributed by atoms with E-state index >= 15 is 0 Å². The first kappa shape index (κ1) is 15.2. The summed E-state index contributed by atoms with van der Waals surface area (Å²) in [7, 11) is 0. The maximum absolute atomic E-state index is 11.9. The largest absolute Gasteiger partial charge is 0.487 e. The van der Waals surface area contributed by atoms with E-state index in [1.54, 1.807) is 0 Å². The van der Waals surface area contributed by atoms with Crippen LogP contribution in [0.15, 0.2) is 18.2 Å². The first-order valence-corrected chi connectivity index (χ1v) is 5.50. The fourth-order valence-corrected chi connectivity index (χ4v) is 1.41. The zero-order valence-electron chi connectivity index (χ0n) is 9.94. The van der Waals surface area contributed by atoms with Crippen LogP contribution < -0.4 is 10.5 Å². The molecule has 0 amide bonds. The number of nitrogens with two attached hydrogens (primary N) is 1. The predicted molar refractivity (Wildman–Crippen MR) is 61.8 cm³/mol. The molecule has 0 aliphatic heterocycles. The van der Waals surface area contributed by atoms with E-state index in [0.717, 1.165) is 0 Å². The molecule has 8 heteroatoms. The van der Waals surface area contributed by atoms with Crippen LogP contribution in [0.25, 0.3) is 0 Å². The summed E-state index contributed by atoms with van der Waals surface area (Å²) < 4.78 is 40.8. The number of nitro groups is 1. The smallest absolute Gasteiger partial charge is 0.389 e. The molecule has 0 heterocycles. The number of ether oxygens (including phenoxy) is 1. The molecule has 1 rings (SSSR count). The van der Waals surface area contributed by atoms with Crippen molar-refractivity contribution in [1.82, 2.24) is 0 Å². The molecule has 1 aromatic carbocycles. The van der Waals surface area contributed by atoms with Crippen LogP contribution >= 0.6 is 0 Å². The van der Waals surface area contributed by atoms with Crippen molar-refractivity contribution in [3.8, 4) is 5.75 Å². The molecule has 1 aromatic rings. The Balaban J connectivity index is 2.67. The van der Waals surface area contributed by atoms with Gasteiger partial charge in [-0.05, 0) is 18.1 Å². The summed E-state index contributed by atoms with van der Waals surface area (Å²) in [5.74, 6) is -0.0601. The van der Waals surface area contributed by atoms with Crippen LogP contribution in [0, 0.1) is 10.1 Å². The molecule has 0 aromatic heterocycles. The van der Waals surface area contributed by atoms with Gasteiger partial charge in [0, 0.05) is 19.0 Å². The van der Waals surface area contributed by atoms with E-state index in [1.807, 2.05) is 0 Å². The molecule has 0 fully saturated rings. The van der Waals surface area contributed by atoms with Crippen molar-refractivity contribution in [1.29, 1.82) is 0 Å². The van der Waals surface area contributed by atoms with Crippen molar-refractivity contribution in [3.63, 3.8) is 0 Å². The second-order valence-electron chi connectivity index (χ2n) is 3.83. The van der Waals surface area contributed by atoms with Gasteiger partial charge >= 0.3 is 11.9 Å². The number of nitrogens with zero attached hydrogens (tertiary/aromatic N) is 1.